The van der Waals surface area contributed by atoms with Gasteiger partial charge in [0.2, 0.25) is 0 Å². The van der Waals surface area contributed by atoms with Crippen LogP contribution in [-0.2, 0) is 0 Å². The van der Waals surface area contributed by atoms with E-state index in [1.54, 1.807) is 12.3 Å². The zero-order valence-electron chi connectivity index (χ0n) is 4.50. The van der Waals surface area contributed by atoms with Crippen molar-refractivity contribution in [2.24, 2.45) is 0 Å². The third kappa shape index (κ3) is 1.28. The van der Waals surface area contributed by atoms with Crippen molar-refractivity contribution in [3.8, 4) is 0 Å². The van der Waals surface area contributed by atoms with E-state index in [1.807, 2.05) is 0 Å². The molecule has 0 amide bonds. The Morgan fingerprint density at radius 2 is 2.33 bits per heavy atom. The topological polar surface area (TPSA) is 38.9 Å². The molecular weight excluding hydrogens is 156 g/mol. The number of halogens is 1. The van der Waals surface area contributed by atoms with Crippen LogP contribution in [-0.4, -0.2) is 4.98 Å². The minimum Gasteiger partial charge on any atom is -0.395 e. The van der Waals surface area contributed by atoms with Crippen molar-refractivity contribution in [2.75, 3.05) is 5.73 Å². The highest BCUT2D eigenvalue weighted by atomic mass is 35.5. The van der Waals surface area contributed by atoms with Crippen LogP contribution in [0.4, 0.5) is 5.69 Å². The number of hydrogen-bond acceptors (Lipinski definition) is 3. The summed E-state index contributed by atoms with van der Waals surface area (Å²) >= 11 is 9.55. The molecule has 2 N–H and O–H groups in total. The molecule has 1 rings (SSSR count). The van der Waals surface area contributed by atoms with E-state index in [0.717, 1.165) is 0 Å². The molecule has 4 heteroatoms. The number of thiol groups is 1. The van der Waals surface area contributed by atoms with E-state index in [2.05, 4.69) is 17.6 Å². The molecule has 1 aromatic rings. The smallest absolute Gasteiger partial charge is 0.153 e. The van der Waals surface area contributed by atoms with Crippen molar-refractivity contribution < 1.29 is 0 Å². The molecule has 0 unspecified atom stereocenters. The number of hydrogen-bond donors (Lipinski definition) is 2. The van der Waals surface area contributed by atoms with E-state index in [9.17, 15) is 0 Å². The quantitative estimate of drug-likeness (QED) is 0.447. The Kier molecular flexibility index (Phi) is 1.83. The molecular formula is C5H5ClN2S. The first-order valence-corrected chi connectivity index (χ1v) is 3.13. The monoisotopic (exact) mass is 160 g/mol. The van der Waals surface area contributed by atoms with Crippen molar-refractivity contribution >= 4 is 29.9 Å². The van der Waals surface area contributed by atoms with Gasteiger partial charge in [0, 0.05) is 11.1 Å². The van der Waals surface area contributed by atoms with Crippen LogP contribution in [0, 0.1) is 0 Å². The highest BCUT2D eigenvalue weighted by Crippen LogP contribution is 2.21. The van der Waals surface area contributed by atoms with Gasteiger partial charge in [0.1, 0.15) is 0 Å². The first-order chi connectivity index (χ1) is 4.22. The Bertz CT molecular complexity index is 206. The second kappa shape index (κ2) is 2.45. The van der Waals surface area contributed by atoms with Gasteiger partial charge < -0.3 is 5.73 Å². The van der Waals surface area contributed by atoms with Gasteiger partial charge in [0.05, 0.1) is 5.69 Å². The fourth-order valence-electron chi connectivity index (χ4n) is 0.438. The number of anilines is 1. The van der Waals surface area contributed by atoms with Gasteiger partial charge in [-0.05, 0) is 6.07 Å². The van der Waals surface area contributed by atoms with E-state index in [-0.39, 0.29) is 0 Å². The number of aromatic nitrogens is 1. The maximum absolute atomic E-state index is 5.53. The normalized spacial score (nSPS) is 9.56. The van der Waals surface area contributed by atoms with Crippen LogP contribution in [0.25, 0.3) is 0 Å². The summed E-state index contributed by atoms with van der Waals surface area (Å²) < 4.78 is 0. The summed E-state index contributed by atoms with van der Waals surface area (Å²) in [4.78, 5) is 4.39. The number of nitrogen functional groups attached to an aromatic ring is 1. The van der Waals surface area contributed by atoms with E-state index >= 15 is 0 Å². The average molecular weight is 161 g/mol. The molecule has 0 bridgehead atoms. The molecule has 0 aliphatic rings. The number of nitrogens with zero attached hydrogens (tertiary/aromatic N) is 1. The minimum atomic E-state index is 0.308. The Labute approximate surface area is 63.4 Å². The van der Waals surface area contributed by atoms with Gasteiger partial charge in [-0.3, -0.25) is 0 Å². The van der Waals surface area contributed by atoms with Crippen LogP contribution in [0.5, 0.6) is 0 Å². The molecule has 48 valence electrons. The summed E-state index contributed by atoms with van der Waals surface area (Å²) in [6.07, 6.45) is 1.56. The highest BCUT2D eigenvalue weighted by Gasteiger charge is 1.97. The molecule has 0 aliphatic heterocycles. The van der Waals surface area contributed by atoms with E-state index in [0.29, 0.717) is 15.7 Å². The SMILES string of the molecule is Nc1c(S)ccnc1Cl. The molecule has 2 nitrogen and oxygen atoms in total. The van der Waals surface area contributed by atoms with Crippen molar-refractivity contribution in [1.82, 2.24) is 4.98 Å². The molecule has 0 saturated heterocycles. The van der Waals surface area contributed by atoms with E-state index < -0.39 is 0 Å². The number of pyridine rings is 1. The number of nitrogens with two attached hydrogens (primary N) is 1. The molecule has 0 radical (unpaired) electrons. The molecule has 0 saturated carbocycles. The van der Waals surface area contributed by atoms with Gasteiger partial charge in [-0.2, -0.15) is 0 Å². The molecule has 0 atom stereocenters. The lowest BCUT2D eigenvalue weighted by atomic mass is 10.4. The summed E-state index contributed by atoms with van der Waals surface area (Å²) in [5.41, 5.74) is 5.84. The Morgan fingerprint density at radius 1 is 1.67 bits per heavy atom. The van der Waals surface area contributed by atoms with Crippen LogP contribution >= 0.6 is 24.2 Å². The highest BCUT2D eigenvalue weighted by molar-refractivity contribution is 7.80. The van der Waals surface area contributed by atoms with Crippen molar-refractivity contribution in [3.63, 3.8) is 0 Å². The van der Waals surface area contributed by atoms with Crippen LogP contribution < -0.4 is 5.73 Å². The van der Waals surface area contributed by atoms with Gasteiger partial charge in [-0.1, -0.05) is 11.6 Å². The van der Waals surface area contributed by atoms with Crippen LogP contribution in [0.2, 0.25) is 5.15 Å². The molecule has 0 fully saturated rings. The summed E-state index contributed by atoms with van der Waals surface area (Å²) in [6, 6.07) is 1.68. The van der Waals surface area contributed by atoms with Crippen LogP contribution in [0.3, 0.4) is 0 Å². The Morgan fingerprint density at radius 3 is 2.78 bits per heavy atom. The lowest BCUT2D eigenvalue weighted by Gasteiger charge is -1.96. The van der Waals surface area contributed by atoms with Crippen LogP contribution in [0.15, 0.2) is 17.2 Å². The molecule has 0 aromatic carbocycles. The van der Waals surface area contributed by atoms with Crippen molar-refractivity contribution in [3.05, 3.63) is 17.4 Å². The molecule has 0 aliphatic carbocycles. The standard InChI is InChI=1S/C5H5ClN2S/c6-5-4(7)3(9)1-2-8-5/h1-2H,7H2,(H,8,9). The third-order valence-electron chi connectivity index (χ3n) is 0.918. The predicted octanol–water partition coefficient (Wildman–Crippen LogP) is 1.61. The first kappa shape index (κ1) is 6.71. The summed E-state index contributed by atoms with van der Waals surface area (Å²) in [6.45, 7) is 0. The molecule has 0 spiro atoms. The fourth-order valence-corrected chi connectivity index (χ4v) is 0.835. The maximum atomic E-state index is 5.53. The first-order valence-electron chi connectivity index (χ1n) is 2.31. The minimum absolute atomic E-state index is 0.308. The van der Waals surface area contributed by atoms with Gasteiger partial charge in [-0.25, -0.2) is 4.98 Å². The lowest BCUT2D eigenvalue weighted by Crippen LogP contribution is -1.89. The lowest BCUT2D eigenvalue weighted by molar-refractivity contribution is 1.27. The van der Waals surface area contributed by atoms with Crippen molar-refractivity contribution in [2.45, 2.75) is 4.90 Å². The average Bonchev–Trinajstić information content (AvgIpc) is 1.83. The van der Waals surface area contributed by atoms with Gasteiger partial charge in [0.25, 0.3) is 0 Å². The predicted molar refractivity (Wildman–Crippen MR) is 40.9 cm³/mol. The zero-order chi connectivity index (χ0) is 6.85. The zero-order valence-corrected chi connectivity index (χ0v) is 6.15. The largest absolute Gasteiger partial charge is 0.395 e. The summed E-state index contributed by atoms with van der Waals surface area (Å²) in [7, 11) is 0. The van der Waals surface area contributed by atoms with Crippen LogP contribution in [0.1, 0.15) is 0 Å². The third-order valence-corrected chi connectivity index (χ3v) is 1.61. The summed E-state index contributed by atoms with van der Waals surface area (Å²) in [5, 5.41) is 0.308. The van der Waals surface area contributed by atoms with Gasteiger partial charge >= 0.3 is 0 Å². The van der Waals surface area contributed by atoms with Gasteiger partial charge in [0.15, 0.2) is 5.15 Å². The second-order valence-electron chi connectivity index (χ2n) is 1.53. The maximum Gasteiger partial charge on any atom is 0.153 e. The molecule has 9 heavy (non-hydrogen) atoms. The van der Waals surface area contributed by atoms with E-state index in [1.165, 1.54) is 0 Å². The molecule has 1 heterocycles. The fraction of sp³-hybridized carbons (Fsp3) is 0. The molecule has 1 aromatic heterocycles. The van der Waals surface area contributed by atoms with Gasteiger partial charge in [-0.15, -0.1) is 12.6 Å². The van der Waals surface area contributed by atoms with Crippen molar-refractivity contribution in [1.29, 1.82) is 0 Å². The second-order valence-corrected chi connectivity index (χ2v) is 2.37. The Balaban J connectivity index is 3.25. The van der Waals surface area contributed by atoms with E-state index in [4.69, 9.17) is 17.3 Å². The summed E-state index contributed by atoms with van der Waals surface area (Å²) in [5.74, 6) is 0. The Hall–Kier alpha value is -0.410. The number of rotatable bonds is 0.